The van der Waals surface area contributed by atoms with E-state index < -0.39 is 0 Å². The van der Waals surface area contributed by atoms with Crippen molar-refractivity contribution in [2.75, 3.05) is 6.61 Å². The van der Waals surface area contributed by atoms with Crippen LogP contribution in [0.3, 0.4) is 0 Å². The van der Waals surface area contributed by atoms with E-state index in [1.165, 1.54) is 6.20 Å². The summed E-state index contributed by atoms with van der Waals surface area (Å²) < 4.78 is 5.46. The van der Waals surface area contributed by atoms with E-state index in [-0.39, 0.29) is 5.41 Å². The Hall–Kier alpha value is -1.56. The maximum Gasteiger partial charge on any atom is 0.213 e. The number of nitriles is 1. The SMILES string of the molecule is CC(C)(C)CCOc1ccc(C#N)cn1. The quantitative estimate of drug-likeness (QED) is 0.760. The summed E-state index contributed by atoms with van der Waals surface area (Å²) in [5.41, 5.74) is 0.824. The van der Waals surface area contributed by atoms with Crippen LogP contribution in [0.25, 0.3) is 0 Å². The first-order chi connectivity index (χ1) is 7.01. The van der Waals surface area contributed by atoms with Gasteiger partial charge >= 0.3 is 0 Å². The number of aromatic nitrogens is 1. The standard InChI is InChI=1S/C12H16N2O/c1-12(2,3)6-7-15-11-5-4-10(8-13)9-14-11/h4-5,9H,6-7H2,1-3H3. The molecule has 0 aliphatic heterocycles. The van der Waals surface area contributed by atoms with Crippen molar-refractivity contribution in [2.24, 2.45) is 5.41 Å². The summed E-state index contributed by atoms with van der Waals surface area (Å²) in [5.74, 6) is 0.582. The topological polar surface area (TPSA) is 45.9 Å². The van der Waals surface area contributed by atoms with Gasteiger partial charge in [-0.15, -0.1) is 0 Å². The highest BCUT2D eigenvalue weighted by Crippen LogP contribution is 2.18. The highest BCUT2D eigenvalue weighted by molar-refractivity contribution is 5.28. The summed E-state index contributed by atoms with van der Waals surface area (Å²) in [4.78, 5) is 4.02. The second kappa shape index (κ2) is 4.79. The van der Waals surface area contributed by atoms with Gasteiger partial charge in [0.2, 0.25) is 5.88 Å². The Balaban J connectivity index is 2.42. The highest BCUT2D eigenvalue weighted by atomic mass is 16.5. The van der Waals surface area contributed by atoms with Gasteiger partial charge in [0.25, 0.3) is 0 Å². The maximum absolute atomic E-state index is 8.58. The zero-order valence-electron chi connectivity index (χ0n) is 9.45. The third kappa shape index (κ3) is 4.46. The van der Waals surface area contributed by atoms with Gasteiger partial charge < -0.3 is 4.74 Å². The molecule has 0 atom stereocenters. The van der Waals surface area contributed by atoms with Crippen molar-refractivity contribution in [2.45, 2.75) is 27.2 Å². The molecular weight excluding hydrogens is 188 g/mol. The molecule has 3 heteroatoms. The molecule has 15 heavy (non-hydrogen) atoms. The minimum absolute atomic E-state index is 0.270. The van der Waals surface area contributed by atoms with E-state index in [0.29, 0.717) is 18.1 Å². The summed E-state index contributed by atoms with van der Waals surface area (Å²) in [7, 11) is 0. The van der Waals surface area contributed by atoms with Gasteiger partial charge in [-0.25, -0.2) is 4.98 Å². The van der Waals surface area contributed by atoms with Crippen molar-refractivity contribution >= 4 is 0 Å². The molecule has 1 rings (SSSR count). The van der Waals surface area contributed by atoms with Crippen molar-refractivity contribution in [1.82, 2.24) is 4.98 Å². The molecular formula is C12H16N2O. The minimum atomic E-state index is 0.270. The average molecular weight is 204 g/mol. The van der Waals surface area contributed by atoms with E-state index >= 15 is 0 Å². The molecule has 0 fully saturated rings. The number of rotatable bonds is 3. The lowest BCUT2D eigenvalue weighted by atomic mass is 9.93. The lowest BCUT2D eigenvalue weighted by molar-refractivity contribution is 0.236. The van der Waals surface area contributed by atoms with Crippen LogP contribution in [0, 0.1) is 16.7 Å². The fourth-order valence-electron chi connectivity index (χ4n) is 0.994. The molecule has 0 unspecified atom stereocenters. The predicted molar refractivity (Wildman–Crippen MR) is 58.5 cm³/mol. The van der Waals surface area contributed by atoms with E-state index in [1.807, 2.05) is 6.07 Å². The van der Waals surface area contributed by atoms with Gasteiger partial charge in [0.1, 0.15) is 6.07 Å². The molecule has 0 bridgehead atoms. The Kier molecular flexibility index (Phi) is 3.68. The van der Waals surface area contributed by atoms with Crippen LogP contribution in [-0.4, -0.2) is 11.6 Å². The van der Waals surface area contributed by atoms with Gasteiger partial charge in [-0.05, 0) is 17.9 Å². The van der Waals surface area contributed by atoms with Crippen molar-refractivity contribution in [3.63, 3.8) is 0 Å². The van der Waals surface area contributed by atoms with Gasteiger partial charge in [-0.2, -0.15) is 5.26 Å². The Morgan fingerprint density at radius 1 is 1.40 bits per heavy atom. The van der Waals surface area contributed by atoms with Gasteiger partial charge in [0.05, 0.1) is 12.2 Å². The molecule has 0 aliphatic rings. The number of nitrogens with zero attached hydrogens (tertiary/aromatic N) is 2. The number of hydrogen-bond acceptors (Lipinski definition) is 3. The third-order valence-electron chi connectivity index (χ3n) is 1.97. The molecule has 0 saturated heterocycles. The average Bonchev–Trinajstić information content (AvgIpc) is 2.17. The second-order valence-electron chi connectivity index (χ2n) is 4.66. The molecule has 0 N–H and O–H groups in total. The van der Waals surface area contributed by atoms with Crippen molar-refractivity contribution in [3.8, 4) is 11.9 Å². The van der Waals surface area contributed by atoms with Crippen LogP contribution in [0.4, 0.5) is 0 Å². The van der Waals surface area contributed by atoms with Crippen LogP contribution >= 0.6 is 0 Å². The van der Waals surface area contributed by atoms with Gasteiger partial charge in [-0.3, -0.25) is 0 Å². The van der Waals surface area contributed by atoms with Crippen LogP contribution in [0.15, 0.2) is 18.3 Å². The maximum atomic E-state index is 8.58. The van der Waals surface area contributed by atoms with Crippen molar-refractivity contribution in [1.29, 1.82) is 5.26 Å². The van der Waals surface area contributed by atoms with Gasteiger partial charge in [0, 0.05) is 12.3 Å². The highest BCUT2D eigenvalue weighted by Gasteiger charge is 2.09. The van der Waals surface area contributed by atoms with E-state index in [0.717, 1.165) is 6.42 Å². The Labute approximate surface area is 90.7 Å². The van der Waals surface area contributed by atoms with Crippen molar-refractivity contribution < 1.29 is 4.74 Å². The van der Waals surface area contributed by atoms with Crippen LogP contribution in [0.5, 0.6) is 5.88 Å². The molecule has 0 radical (unpaired) electrons. The van der Waals surface area contributed by atoms with Crippen LogP contribution in [-0.2, 0) is 0 Å². The Morgan fingerprint density at radius 3 is 2.60 bits per heavy atom. The zero-order chi connectivity index (χ0) is 11.3. The predicted octanol–water partition coefficient (Wildman–Crippen LogP) is 2.77. The molecule has 0 spiro atoms. The summed E-state index contributed by atoms with van der Waals surface area (Å²) in [5, 5.41) is 8.58. The van der Waals surface area contributed by atoms with Gasteiger partial charge in [-0.1, -0.05) is 20.8 Å². The molecule has 0 saturated carbocycles. The van der Waals surface area contributed by atoms with E-state index in [2.05, 4.69) is 25.8 Å². The monoisotopic (exact) mass is 204 g/mol. The molecule has 1 heterocycles. The lowest BCUT2D eigenvalue weighted by Crippen LogP contribution is -2.11. The molecule has 0 aliphatic carbocycles. The van der Waals surface area contributed by atoms with Crippen LogP contribution < -0.4 is 4.74 Å². The van der Waals surface area contributed by atoms with Crippen LogP contribution in [0.1, 0.15) is 32.8 Å². The number of hydrogen-bond donors (Lipinski definition) is 0. The molecule has 3 nitrogen and oxygen atoms in total. The van der Waals surface area contributed by atoms with E-state index in [4.69, 9.17) is 10.00 Å². The van der Waals surface area contributed by atoms with Gasteiger partial charge in [0.15, 0.2) is 0 Å². The molecule has 1 aromatic heterocycles. The largest absolute Gasteiger partial charge is 0.478 e. The Morgan fingerprint density at radius 2 is 2.13 bits per heavy atom. The third-order valence-corrected chi connectivity index (χ3v) is 1.97. The zero-order valence-corrected chi connectivity index (χ0v) is 9.45. The minimum Gasteiger partial charge on any atom is -0.478 e. The smallest absolute Gasteiger partial charge is 0.213 e. The first kappa shape index (κ1) is 11.5. The molecule has 80 valence electrons. The number of ether oxygens (including phenoxy) is 1. The summed E-state index contributed by atoms with van der Waals surface area (Å²) in [6, 6.07) is 5.45. The van der Waals surface area contributed by atoms with Crippen LogP contribution in [0.2, 0.25) is 0 Å². The van der Waals surface area contributed by atoms with E-state index in [9.17, 15) is 0 Å². The summed E-state index contributed by atoms with van der Waals surface area (Å²) in [6.45, 7) is 7.16. The van der Waals surface area contributed by atoms with E-state index in [1.54, 1.807) is 12.1 Å². The van der Waals surface area contributed by atoms with Crippen molar-refractivity contribution in [3.05, 3.63) is 23.9 Å². The number of pyridine rings is 1. The molecule has 1 aromatic rings. The lowest BCUT2D eigenvalue weighted by Gasteiger charge is -2.17. The first-order valence-corrected chi connectivity index (χ1v) is 5.00. The molecule has 0 aromatic carbocycles. The fourth-order valence-corrected chi connectivity index (χ4v) is 0.994. The fraction of sp³-hybridized carbons (Fsp3) is 0.500. The second-order valence-corrected chi connectivity index (χ2v) is 4.66. The first-order valence-electron chi connectivity index (χ1n) is 5.00. The normalized spacial score (nSPS) is 10.8. The Bertz CT molecular complexity index is 343. The molecule has 0 amide bonds. The summed E-state index contributed by atoms with van der Waals surface area (Å²) in [6.07, 6.45) is 2.50. The summed E-state index contributed by atoms with van der Waals surface area (Å²) >= 11 is 0.